The van der Waals surface area contributed by atoms with Crippen molar-refractivity contribution in [3.63, 3.8) is 0 Å². The number of nitrogens with zero attached hydrogens (tertiary/aromatic N) is 2. The first-order chi connectivity index (χ1) is 15.7. The summed E-state index contributed by atoms with van der Waals surface area (Å²) in [5.74, 6) is 1.21. The Labute approximate surface area is 201 Å². The molecule has 180 valence electrons. The Kier molecular flexibility index (Phi) is 8.78. The maximum absolute atomic E-state index is 13.5. The fourth-order valence-electron chi connectivity index (χ4n) is 3.94. The van der Waals surface area contributed by atoms with Gasteiger partial charge < -0.3 is 19.9 Å². The Morgan fingerprint density at radius 1 is 1.18 bits per heavy atom. The van der Waals surface area contributed by atoms with Gasteiger partial charge in [0, 0.05) is 24.0 Å². The van der Waals surface area contributed by atoms with Crippen LogP contribution in [0.15, 0.2) is 35.7 Å². The van der Waals surface area contributed by atoms with Crippen LogP contribution in [-0.2, 0) is 11.2 Å². The maximum atomic E-state index is 13.5. The van der Waals surface area contributed by atoms with Crippen molar-refractivity contribution >= 4 is 23.3 Å². The van der Waals surface area contributed by atoms with Crippen LogP contribution in [0.3, 0.4) is 0 Å². The number of hydrogen-bond donors (Lipinski definition) is 1. The fraction of sp³-hybridized carbons (Fsp3) is 0.538. The lowest BCUT2D eigenvalue weighted by Gasteiger charge is -2.37. The number of benzene rings is 1. The molecule has 0 fully saturated rings. The Bertz CT molecular complexity index is 923. The van der Waals surface area contributed by atoms with Crippen molar-refractivity contribution in [3.8, 4) is 5.75 Å². The van der Waals surface area contributed by atoms with Gasteiger partial charge in [0.2, 0.25) is 5.91 Å². The lowest BCUT2D eigenvalue weighted by molar-refractivity contribution is -0.135. The molecular weight excluding hydrogens is 434 g/mol. The number of hydrogen-bond acceptors (Lipinski definition) is 4. The summed E-state index contributed by atoms with van der Waals surface area (Å²) >= 11 is 1.74. The molecule has 7 heteroatoms. The van der Waals surface area contributed by atoms with Crippen LogP contribution < -0.4 is 10.1 Å². The average Bonchev–Trinajstić information content (AvgIpc) is 3.24. The predicted molar refractivity (Wildman–Crippen MR) is 134 cm³/mol. The number of thiophene rings is 1. The summed E-state index contributed by atoms with van der Waals surface area (Å²) in [6.45, 7) is 11.8. The third kappa shape index (κ3) is 6.97. The Morgan fingerprint density at radius 3 is 2.58 bits per heavy atom. The molecule has 0 saturated carbocycles. The van der Waals surface area contributed by atoms with Crippen LogP contribution in [0.5, 0.6) is 5.75 Å². The molecule has 2 heterocycles. The van der Waals surface area contributed by atoms with Gasteiger partial charge in [0.05, 0.1) is 6.04 Å². The van der Waals surface area contributed by atoms with E-state index in [0.717, 1.165) is 24.2 Å². The van der Waals surface area contributed by atoms with Crippen LogP contribution in [0.4, 0.5) is 4.79 Å². The first-order valence-electron chi connectivity index (χ1n) is 11.8. The number of ether oxygens (including phenoxy) is 1. The lowest BCUT2D eigenvalue weighted by Crippen LogP contribution is -2.51. The van der Waals surface area contributed by atoms with Gasteiger partial charge in [-0.2, -0.15) is 0 Å². The number of rotatable bonds is 9. The minimum Gasteiger partial charge on any atom is -0.491 e. The summed E-state index contributed by atoms with van der Waals surface area (Å²) < 4.78 is 6.11. The smallest absolute Gasteiger partial charge is 0.318 e. The second-order valence-electron chi connectivity index (χ2n) is 9.48. The molecule has 33 heavy (non-hydrogen) atoms. The van der Waals surface area contributed by atoms with Crippen LogP contribution in [-0.4, -0.2) is 54.0 Å². The molecular formula is C26H37N3O3S. The van der Waals surface area contributed by atoms with E-state index in [2.05, 4.69) is 30.6 Å². The van der Waals surface area contributed by atoms with E-state index in [9.17, 15) is 9.59 Å². The highest BCUT2D eigenvalue weighted by Gasteiger charge is 2.33. The SMILES string of the molecule is Cc1ccc(OC[C@@H]2c3ccsc3CCN2C(=O)CN(CCC(C)C)C(=O)NC(C)C)cc1. The van der Waals surface area contributed by atoms with Crippen molar-refractivity contribution in [1.29, 1.82) is 0 Å². The highest BCUT2D eigenvalue weighted by atomic mass is 32.1. The second kappa shape index (κ2) is 11.5. The molecule has 0 radical (unpaired) electrons. The highest BCUT2D eigenvalue weighted by Crippen LogP contribution is 2.34. The molecule has 3 rings (SSSR count). The minimum absolute atomic E-state index is 0.0214. The molecule has 0 unspecified atom stereocenters. The molecule has 6 nitrogen and oxygen atoms in total. The van der Waals surface area contributed by atoms with Gasteiger partial charge in [-0.05, 0) is 68.7 Å². The number of carbonyl (C=O) groups is 2. The highest BCUT2D eigenvalue weighted by molar-refractivity contribution is 7.10. The zero-order chi connectivity index (χ0) is 24.0. The minimum atomic E-state index is -0.181. The summed E-state index contributed by atoms with van der Waals surface area (Å²) in [7, 11) is 0. The molecule has 1 aromatic carbocycles. The fourth-order valence-corrected chi connectivity index (χ4v) is 4.87. The Morgan fingerprint density at radius 2 is 1.91 bits per heavy atom. The first-order valence-corrected chi connectivity index (χ1v) is 12.7. The standard InChI is InChI=1S/C26H37N3O3S/c1-18(2)10-13-28(26(31)27-19(3)4)16-25(30)29-14-11-24-22(12-15-33-24)23(29)17-32-21-8-6-20(5)7-9-21/h6-9,12,15,18-19,23H,10-11,13-14,16-17H2,1-5H3,(H,27,31)/t23-/m1/s1. The molecule has 3 amide bonds. The zero-order valence-electron chi connectivity index (χ0n) is 20.5. The van der Waals surface area contributed by atoms with Gasteiger partial charge in [-0.15, -0.1) is 11.3 Å². The molecule has 1 aliphatic heterocycles. The van der Waals surface area contributed by atoms with Crippen LogP contribution in [0.2, 0.25) is 0 Å². The number of urea groups is 1. The van der Waals surface area contributed by atoms with Crippen molar-refractivity contribution < 1.29 is 14.3 Å². The second-order valence-corrected chi connectivity index (χ2v) is 10.5. The monoisotopic (exact) mass is 471 g/mol. The average molecular weight is 472 g/mol. The van der Waals surface area contributed by atoms with Crippen molar-refractivity contribution in [2.75, 3.05) is 26.2 Å². The molecule has 2 aromatic rings. The molecule has 1 atom stereocenters. The summed E-state index contributed by atoms with van der Waals surface area (Å²) in [4.78, 5) is 31.1. The third-order valence-corrected chi connectivity index (χ3v) is 6.84. The van der Waals surface area contributed by atoms with Gasteiger partial charge >= 0.3 is 6.03 Å². The van der Waals surface area contributed by atoms with Crippen molar-refractivity contribution in [2.45, 2.75) is 59.5 Å². The van der Waals surface area contributed by atoms with Crippen molar-refractivity contribution in [2.24, 2.45) is 5.92 Å². The van der Waals surface area contributed by atoms with Crippen LogP contribution in [0, 0.1) is 12.8 Å². The topological polar surface area (TPSA) is 61.9 Å². The molecule has 0 bridgehead atoms. The van der Waals surface area contributed by atoms with E-state index in [1.54, 1.807) is 16.2 Å². The van der Waals surface area contributed by atoms with E-state index >= 15 is 0 Å². The van der Waals surface area contributed by atoms with Gasteiger partial charge in [-0.1, -0.05) is 31.5 Å². The quantitative estimate of drug-likeness (QED) is 0.558. The van der Waals surface area contributed by atoms with Gasteiger partial charge in [-0.25, -0.2) is 4.79 Å². The summed E-state index contributed by atoms with van der Waals surface area (Å²) in [6, 6.07) is 9.75. The van der Waals surface area contributed by atoms with E-state index < -0.39 is 0 Å². The largest absolute Gasteiger partial charge is 0.491 e. The first kappa shape index (κ1) is 25.1. The van der Waals surface area contributed by atoms with Gasteiger partial charge in [-0.3, -0.25) is 4.79 Å². The van der Waals surface area contributed by atoms with Crippen LogP contribution in [0.1, 0.15) is 56.2 Å². The van der Waals surface area contributed by atoms with E-state index in [0.29, 0.717) is 25.6 Å². The molecule has 1 aliphatic rings. The van der Waals surface area contributed by atoms with E-state index in [1.165, 1.54) is 10.4 Å². The van der Waals surface area contributed by atoms with Gasteiger partial charge in [0.1, 0.15) is 18.9 Å². The molecule has 0 saturated heterocycles. The maximum Gasteiger partial charge on any atom is 0.318 e. The third-order valence-electron chi connectivity index (χ3n) is 5.85. The summed E-state index contributed by atoms with van der Waals surface area (Å²) in [5, 5.41) is 5.03. The molecule has 1 N–H and O–H groups in total. The summed E-state index contributed by atoms with van der Waals surface area (Å²) in [5.41, 5.74) is 2.34. The normalized spacial score (nSPS) is 15.5. The number of fused-ring (bicyclic) bond motifs is 1. The van der Waals surface area contributed by atoms with E-state index in [4.69, 9.17) is 4.74 Å². The summed E-state index contributed by atoms with van der Waals surface area (Å²) in [6.07, 6.45) is 1.69. The van der Waals surface area contributed by atoms with E-state index in [-0.39, 0.29) is 30.6 Å². The van der Waals surface area contributed by atoms with Crippen LogP contribution in [0.25, 0.3) is 0 Å². The Balaban J connectivity index is 1.74. The number of nitrogens with one attached hydrogen (secondary N) is 1. The lowest BCUT2D eigenvalue weighted by atomic mass is 10.0. The van der Waals surface area contributed by atoms with Crippen molar-refractivity contribution in [1.82, 2.24) is 15.1 Å². The predicted octanol–water partition coefficient (Wildman–Crippen LogP) is 5.03. The number of carbonyl (C=O) groups excluding carboxylic acids is 2. The molecule has 1 aromatic heterocycles. The molecule has 0 aliphatic carbocycles. The van der Waals surface area contributed by atoms with Crippen molar-refractivity contribution in [3.05, 3.63) is 51.7 Å². The van der Waals surface area contributed by atoms with E-state index in [1.807, 2.05) is 49.9 Å². The van der Waals surface area contributed by atoms with Crippen LogP contribution >= 0.6 is 11.3 Å². The number of amides is 3. The van der Waals surface area contributed by atoms with Gasteiger partial charge in [0.25, 0.3) is 0 Å². The van der Waals surface area contributed by atoms with Gasteiger partial charge in [0.15, 0.2) is 0 Å². The Hall–Kier alpha value is -2.54. The zero-order valence-corrected chi connectivity index (χ0v) is 21.3. The number of aryl methyl sites for hydroxylation is 1. The molecule has 0 spiro atoms.